The molecule has 0 saturated carbocycles. The van der Waals surface area contributed by atoms with Crippen LogP contribution >= 0.6 is 0 Å². The van der Waals surface area contributed by atoms with Crippen LogP contribution in [-0.2, 0) is 30.6 Å². The first-order valence-electron chi connectivity index (χ1n) is 8.79. The maximum atomic E-state index is 12.3. The zero-order chi connectivity index (χ0) is 18.7. The molecule has 2 N–H and O–H groups in total. The molecule has 0 saturated heterocycles. The number of carbonyl (C=O) groups is 1. The normalized spacial score (nSPS) is 13.1. The summed E-state index contributed by atoms with van der Waals surface area (Å²) in [5.74, 6) is -0.0149. The van der Waals surface area contributed by atoms with E-state index >= 15 is 0 Å². The number of benzene rings is 2. The van der Waals surface area contributed by atoms with Gasteiger partial charge in [-0.1, -0.05) is 18.2 Å². The molecule has 1 aliphatic rings. The minimum absolute atomic E-state index is 0.0186. The maximum Gasteiger partial charge on any atom is 0.272 e. The first-order valence-corrected chi connectivity index (χ1v) is 8.79. The molecule has 1 amide bonds. The van der Waals surface area contributed by atoms with Crippen LogP contribution < -0.4 is 5.32 Å². The van der Waals surface area contributed by atoms with E-state index in [-0.39, 0.29) is 30.3 Å². The number of rotatable bonds is 5. The zero-order valence-electron chi connectivity index (χ0n) is 14.7. The topological polar surface area (TPSA) is 92.5 Å². The molecule has 6 nitrogen and oxygen atoms in total. The Hall–Kier alpha value is -2.89. The van der Waals surface area contributed by atoms with Crippen LogP contribution in [0, 0.1) is 17.0 Å². The molecule has 2 aromatic carbocycles. The molecule has 0 atom stereocenters. The summed E-state index contributed by atoms with van der Waals surface area (Å²) in [7, 11) is 0. The third kappa shape index (κ3) is 3.69. The van der Waals surface area contributed by atoms with Crippen molar-refractivity contribution in [3.63, 3.8) is 0 Å². The van der Waals surface area contributed by atoms with E-state index in [1.165, 1.54) is 11.6 Å². The second-order valence-corrected chi connectivity index (χ2v) is 6.68. The van der Waals surface area contributed by atoms with Gasteiger partial charge in [0, 0.05) is 23.7 Å². The Morgan fingerprint density at radius 2 is 2.00 bits per heavy atom. The Morgan fingerprint density at radius 3 is 2.77 bits per heavy atom. The highest BCUT2D eigenvalue weighted by Crippen LogP contribution is 2.30. The number of amides is 1. The highest BCUT2D eigenvalue weighted by atomic mass is 16.6. The van der Waals surface area contributed by atoms with Crippen molar-refractivity contribution in [2.24, 2.45) is 0 Å². The lowest BCUT2D eigenvalue weighted by Crippen LogP contribution is -2.26. The first-order chi connectivity index (χ1) is 12.5. The Morgan fingerprint density at radius 1 is 1.23 bits per heavy atom. The molecule has 0 bridgehead atoms. The van der Waals surface area contributed by atoms with Crippen LogP contribution in [0.1, 0.15) is 40.7 Å². The summed E-state index contributed by atoms with van der Waals surface area (Å²) in [6.45, 7) is 1.92. The van der Waals surface area contributed by atoms with Crippen LogP contribution in [-0.4, -0.2) is 15.9 Å². The molecule has 1 aliphatic carbocycles. The molecule has 0 unspecified atom stereocenters. The lowest BCUT2D eigenvalue weighted by atomic mass is 9.87. The molecule has 2 aromatic rings. The van der Waals surface area contributed by atoms with Gasteiger partial charge in [0.05, 0.1) is 11.3 Å². The molecule has 26 heavy (non-hydrogen) atoms. The van der Waals surface area contributed by atoms with Crippen molar-refractivity contribution in [3.8, 4) is 5.75 Å². The minimum atomic E-state index is -0.439. The lowest BCUT2D eigenvalue weighted by Gasteiger charge is -2.20. The number of hydrogen-bond donors (Lipinski definition) is 2. The number of fused-ring (bicyclic) bond motifs is 1. The van der Waals surface area contributed by atoms with Gasteiger partial charge in [0.1, 0.15) is 5.75 Å². The van der Waals surface area contributed by atoms with E-state index in [1.807, 2.05) is 6.07 Å². The van der Waals surface area contributed by atoms with Crippen molar-refractivity contribution >= 4 is 11.6 Å². The smallest absolute Gasteiger partial charge is 0.272 e. The Balaban J connectivity index is 1.71. The second-order valence-electron chi connectivity index (χ2n) is 6.68. The Labute approximate surface area is 152 Å². The molecule has 0 heterocycles. The number of nitro groups is 1. The number of nitrogens with zero attached hydrogens (tertiary/aromatic N) is 1. The number of phenolic OH excluding ortho intramolecular Hbond substituents is 1. The molecular formula is C20H22N2O4. The van der Waals surface area contributed by atoms with Gasteiger partial charge in [-0.05, 0) is 55.4 Å². The summed E-state index contributed by atoms with van der Waals surface area (Å²) in [5, 5.41) is 24.1. The number of nitrogens with one attached hydrogen (secondary N) is 1. The van der Waals surface area contributed by atoms with Crippen molar-refractivity contribution in [3.05, 3.63) is 68.3 Å². The van der Waals surface area contributed by atoms with Crippen molar-refractivity contribution in [2.45, 2.75) is 45.6 Å². The lowest BCUT2D eigenvalue weighted by molar-refractivity contribution is -0.385. The minimum Gasteiger partial charge on any atom is -0.508 e. The molecule has 136 valence electrons. The van der Waals surface area contributed by atoms with E-state index in [1.54, 1.807) is 25.1 Å². The second kappa shape index (κ2) is 7.56. The van der Waals surface area contributed by atoms with E-state index in [0.29, 0.717) is 11.1 Å². The van der Waals surface area contributed by atoms with Gasteiger partial charge in [0.15, 0.2) is 0 Å². The van der Waals surface area contributed by atoms with Crippen molar-refractivity contribution in [2.75, 3.05) is 0 Å². The average molecular weight is 354 g/mol. The van der Waals surface area contributed by atoms with Gasteiger partial charge in [0.25, 0.3) is 5.69 Å². The fraction of sp³-hybridized carbons (Fsp3) is 0.350. The molecule has 0 aromatic heterocycles. The number of aryl methyl sites for hydroxylation is 1. The van der Waals surface area contributed by atoms with Crippen LogP contribution in [0.4, 0.5) is 5.69 Å². The zero-order valence-corrected chi connectivity index (χ0v) is 14.7. The maximum absolute atomic E-state index is 12.3. The summed E-state index contributed by atoms with van der Waals surface area (Å²) in [5.41, 5.74) is 4.33. The van der Waals surface area contributed by atoms with Crippen molar-refractivity contribution in [1.82, 2.24) is 5.32 Å². The van der Waals surface area contributed by atoms with Crippen LogP contribution in [0.5, 0.6) is 5.75 Å². The number of carbonyl (C=O) groups excluding carboxylic acids is 1. The summed E-state index contributed by atoms with van der Waals surface area (Å²) in [4.78, 5) is 22.9. The summed E-state index contributed by atoms with van der Waals surface area (Å²) < 4.78 is 0. The van der Waals surface area contributed by atoms with Gasteiger partial charge in [-0.15, -0.1) is 0 Å². The summed E-state index contributed by atoms with van der Waals surface area (Å²) in [6.07, 6.45) is 4.23. The number of phenols is 1. The van der Waals surface area contributed by atoms with E-state index in [2.05, 4.69) is 5.32 Å². The standard InChI is InChI=1S/C20H22N2O4/c1-13-15(6-4-8-18(13)22(25)26)11-20(24)21-12-17-16-7-3-2-5-14(16)9-10-19(17)23/h4,6,8-10,23H,2-3,5,7,11-12H2,1H3,(H,21,24). The van der Waals surface area contributed by atoms with Crippen LogP contribution in [0.3, 0.4) is 0 Å². The SMILES string of the molecule is Cc1c(CC(=O)NCc2c(O)ccc3c2CCCC3)cccc1[N+](=O)[O-]. The van der Waals surface area contributed by atoms with E-state index in [4.69, 9.17) is 0 Å². The molecule has 0 fully saturated rings. The monoisotopic (exact) mass is 354 g/mol. The summed E-state index contributed by atoms with van der Waals surface area (Å²) in [6, 6.07) is 8.40. The largest absolute Gasteiger partial charge is 0.508 e. The molecule has 6 heteroatoms. The average Bonchev–Trinajstić information content (AvgIpc) is 2.62. The third-order valence-corrected chi connectivity index (χ3v) is 5.05. The quantitative estimate of drug-likeness (QED) is 0.636. The van der Waals surface area contributed by atoms with Gasteiger partial charge < -0.3 is 10.4 Å². The highest BCUT2D eigenvalue weighted by Gasteiger charge is 2.18. The highest BCUT2D eigenvalue weighted by molar-refractivity contribution is 5.79. The number of aromatic hydroxyl groups is 1. The molecular weight excluding hydrogens is 332 g/mol. The molecule has 0 spiro atoms. The number of hydrogen-bond acceptors (Lipinski definition) is 4. The fourth-order valence-corrected chi connectivity index (χ4v) is 3.57. The van der Waals surface area contributed by atoms with Gasteiger partial charge in [-0.25, -0.2) is 0 Å². The Kier molecular flexibility index (Phi) is 5.21. The van der Waals surface area contributed by atoms with Crippen molar-refractivity contribution in [1.29, 1.82) is 0 Å². The van der Waals surface area contributed by atoms with Gasteiger partial charge >= 0.3 is 0 Å². The van der Waals surface area contributed by atoms with Crippen LogP contribution in [0.15, 0.2) is 30.3 Å². The molecule has 3 rings (SSSR count). The van der Waals surface area contributed by atoms with Crippen LogP contribution in [0.2, 0.25) is 0 Å². The summed E-state index contributed by atoms with van der Waals surface area (Å²) >= 11 is 0. The van der Waals surface area contributed by atoms with Gasteiger partial charge in [-0.3, -0.25) is 14.9 Å². The predicted molar refractivity (Wildman–Crippen MR) is 98.1 cm³/mol. The van der Waals surface area contributed by atoms with E-state index < -0.39 is 4.92 Å². The molecule has 0 radical (unpaired) electrons. The Bertz CT molecular complexity index is 861. The molecule has 0 aliphatic heterocycles. The van der Waals surface area contributed by atoms with Crippen LogP contribution in [0.25, 0.3) is 0 Å². The van der Waals surface area contributed by atoms with E-state index in [9.17, 15) is 20.0 Å². The predicted octanol–water partition coefficient (Wildman–Crippen LogP) is 3.35. The third-order valence-electron chi connectivity index (χ3n) is 5.05. The van der Waals surface area contributed by atoms with Crippen molar-refractivity contribution < 1.29 is 14.8 Å². The first kappa shape index (κ1) is 17.9. The van der Waals surface area contributed by atoms with Gasteiger partial charge in [0.2, 0.25) is 5.91 Å². The number of nitro benzene ring substituents is 1. The fourth-order valence-electron chi connectivity index (χ4n) is 3.57. The van der Waals surface area contributed by atoms with Gasteiger partial charge in [-0.2, -0.15) is 0 Å². The van der Waals surface area contributed by atoms with E-state index in [0.717, 1.165) is 36.8 Å².